The first kappa shape index (κ1) is 17.2. The highest BCUT2D eigenvalue weighted by Crippen LogP contribution is 2.25. The fourth-order valence-corrected chi connectivity index (χ4v) is 4.12. The molecule has 0 amide bonds. The summed E-state index contributed by atoms with van der Waals surface area (Å²) in [4.78, 5) is 11.8. The van der Waals surface area contributed by atoms with Crippen molar-refractivity contribution < 1.29 is 4.74 Å². The number of nitrogens with zero attached hydrogens (tertiary/aromatic N) is 3. The standard InChI is InChI=1S/C20H24N4OS/c1-14-18-11-17(25-2)3-4-19(18)23-20(22-14)24-8-5-16(6-9-24)21-12-15-7-10-26-13-15/h3-4,7,10-11,13,16,21H,5-6,8-9,12H2,1-2H3. The largest absolute Gasteiger partial charge is 0.497 e. The first-order chi connectivity index (χ1) is 12.7. The van der Waals surface area contributed by atoms with Crippen LogP contribution in [0.15, 0.2) is 35.0 Å². The first-order valence-corrected chi connectivity index (χ1v) is 9.99. The molecule has 1 fully saturated rings. The van der Waals surface area contributed by atoms with Gasteiger partial charge in [0.1, 0.15) is 5.75 Å². The molecule has 1 saturated heterocycles. The van der Waals surface area contributed by atoms with Gasteiger partial charge in [-0.05, 0) is 60.4 Å². The molecule has 3 heterocycles. The van der Waals surface area contributed by atoms with Crippen molar-refractivity contribution in [3.05, 3.63) is 46.3 Å². The van der Waals surface area contributed by atoms with E-state index in [1.807, 2.05) is 25.1 Å². The van der Waals surface area contributed by atoms with E-state index in [1.165, 1.54) is 5.56 Å². The Morgan fingerprint density at radius 3 is 2.81 bits per heavy atom. The molecule has 2 aromatic heterocycles. The van der Waals surface area contributed by atoms with Crippen molar-refractivity contribution >= 4 is 28.2 Å². The number of anilines is 1. The third-order valence-electron chi connectivity index (χ3n) is 5.03. The zero-order valence-corrected chi connectivity index (χ0v) is 16.1. The van der Waals surface area contributed by atoms with E-state index in [9.17, 15) is 0 Å². The molecule has 0 bridgehead atoms. The molecule has 0 saturated carbocycles. The van der Waals surface area contributed by atoms with E-state index < -0.39 is 0 Å². The lowest BCUT2D eigenvalue weighted by Gasteiger charge is -2.32. The Morgan fingerprint density at radius 2 is 2.08 bits per heavy atom. The van der Waals surface area contributed by atoms with Gasteiger partial charge in [0.2, 0.25) is 5.95 Å². The quantitative estimate of drug-likeness (QED) is 0.743. The van der Waals surface area contributed by atoms with Crippen molar-refractivity contribution in [2.45, 2.75) is 32.4 Å². The summed E-state index contributed by atoms with van der Waals surface area (Å²) >= 11 is 1.76. The van der Waals surface area contributed by atoms with E-state index in [0.717, 1.165) is 60.8 Å². The monoisotopic (exact) mass is 368 g/mol. The van der Waals surface area contributed by atoms with Crippen LogP contribution < -0.4 is 15.0 Å². The number of hydrogen-bond donors (Lipinski definition) is 1. The van der Waals surface area contributed by atoms with Crippen LogP contribution in [-0.4, -0.2) is 36.2 Å². The summed E-state index contributed by atoms with van der Waals surface area (Å²) in [5, 5.41) is 9.08. The summed E-state index contributed by atoms with van der Waals surface area (Å²) in [6.45, 7) is 4.98. The van der Waals surface area contributed by atoms with Gasteiger partial charge < -0.3 is 15.0 Å². The summed E-state index contributed by atoms with van der Waals surface area (Å²) in [6.07, 6.45) is 2.24. The number of aromatic nitrogens is 2. The van der Waals surface area contributed by atoms with Gasteiger partial charge in [-0.25, -0.2) is 9.97 Å². The van der Waals surface area contributed by atoms with Gasteiger partial charge in [-0.15, -0.1) is 0 Å². The van der Waals surface area contributed by atoms with Crippen LogP contribution in [0.3, 0.4) is 0 Å². The normalized spacial score (nSPS) is 15.5. The smallest absolute Gasteiger partial charge is 0.226 e. The van der Waals surface area contributed by atoms with Crippen LogP contribution >= 0.6 is 11.3 Å². The summed E-state index contributed by atoms with van der Waals surface area (Å²) in [5.74, 6) is 1.69. The maximum atomic E-state index is 5.31. The van der Waals surface area contributed by atoms with E-state index in [2.05, 4.69) is 27.0 Å². The number of aryl methyl sites for hydroxylation is 1. The Morgan fingerprint density at radius 1 is 1.23 bits per heavy atom. The Balaban J connectivity index is 1.42. The second-order valence-electron chi connectivity index (χ2n) is 6.77. The van der Waals surface area contributed by atoms with E-state index in [4.69, 9.17) is 14.7 Å². The third kappa shape index (κ3) is 3.66. The molecule has 136 valence electrons. The molecule has 0 spiro atoms. The molecular formula is C20H24N4OS. The second kappa shape index (κ2) is 7.60. The number of nitrogens with one attached hydrogen (secondary N) is 1. The van der Waals surface area contributed by atoms with Gasteiger partial charge >= 0.3 is 0 Å². The molecule has 4 rings (SSSR count). The fourth-order valence-electron chi connectivity index (χ4n) is 3.45. The van der Waals surface area contributed by atoms with Crippen LogP contribution in [0.25, 0.3) is 10.9 Å². The van der Waals surface area contributed by atoms with E-state index >= 15 is 0 Å². The molecule has 1 aliphatic heterocycles. The van der Waals surface area contributed by atoms with E-state index in [-0.39, 0.29) is 0 Å². The van der Waals surface area contributed by atoms with Crippen molar-refractivity contribution in [1.82, 2.24) is 15.3 Å². The highest BCUT2D eigenvalue weighted by Gasteiger charge is 2.21. The summed E-state index contributed by atoms with van der Waals surface area (Å²) in [7, 11) is 1.68. The number of benzene rings is 1. The molecule has 0 atom stereocenters. The number of ether oxygens (including phenoxy) is 1. The molecule has 1 N–H and O–H groups in total. The lowest BCUT2D eigenvalue weighted by Crippen LogP contribution is -2.42. The minimum atomic E-state index is 0.567. The van der Waals surface area contributed by atoms with Crippen molar-refractivity contribution in [3.8, 4) is 5.75 Å². The maximum Gasteiger partial charge on any atom is 0.226 e. The fraction of sp³-hybridized carbons (Fsp3) is 0.400. The average Bonchev–Trinajstić information content (AvgIpc) is 3.20. The van der Waals surface area contributed by atoms with Gasteiger partial charge in [-0.1, -0.05) is 0 Å². The van der Waals surface area contributed by atoms with Crippen molar-refractivity contribution in [1.29, 1.82) is 0 Å². The zero-order chi connectivity index (χ0) is 17.9. The lowest BCUT2D eigenvalue weighted by molar-refractivity contribution is 0.411. The van der Waals surface area contributed by atoms with Crippen molar-refractivity contribution in [2.75, 3.05) is 25.1 Å². The Bertz CT molecular complexity index is 873. The van der Waals surface area contributed by atoms with E-state index in [1.54, 1.807) is 18.4 Å². The number of hydrogen-bond acceptors (Lipinski definition) is 6. The van der Waals surface area contributed by atoms with Crippen LogP contribution in [0.5, 0.6) is 5.75 Å². The summed E-state index contributed by atoms with van der Waals surface area (Å²) in [5.41, 5.74) is 3.36. The summed E-state index contributed by atoms with van der Waals surface area (Å²) in [6, 6.07) is 8.74. The van der Waals surface area contributed by atoms with E-state index in [0.29, 0.717) is 6.04 Å². The van der Waals surface area contributed by atoms with Gasteiger partial charge in [0.25, 0.3) is 0 Å². The third-order valence-corrected chi connectivity index (χ3v) is 5.77. The predicted molar refractivity (Wildman–Crippen MR) is 107 cm³/mol. The minimum absolute atomic E-state index is 0.567. The highest BCUT2D eigenvalue weighted by molar-refractivity contribution is 7.07. The molecular weight excluding hydrogens is 344 g/mol. The van der Waals surface area contributed by atoms with Crippen molar-refractivity contribution in [2.24, 2.45) is 0 Å². The maximum absolute atomic E-state index is 5.31. The molecule has 5 nitrogen and oxygen atoms in total. The molecule has 0 radical (unpaired) electrons. The molecule has 0 aliphatic carbocycles. The van der Waals surface area contributed by atoms with Gasteiger partial charge in [0.15, 0.2) is 0 Å². The van der Waals surface area contributed by atoms with Gasteiger partial charge in [-0.3, -0.25) is 0 Å². The predicted octanol–water partition coefficient (Wildman–Crippen LogP) is 3.77. The van der Waals surface area contributed by atoms with Crippen LogP contribution in [-0.2, 0) is 6.54 Å². The molecule has 1 aliphatic rings. The highest BCUT2D eigenvalue weighted by atomic mass is 32.1. The lowest BCUT2D eigenvalue weighted by atomic mass is 10.1. The summed E-state index contributed by atoms with van der Waals surface area (Å²) < 4.78 is 5.31. The molecule has 3 aromatic rings. The minimum Gasteiger partial charge on any atom is -0.497 e. The number of piperidine rings is 1. The molecule has 0 unspecified atom stereocenters. The van der Waals surface area contributed by atoms with Crippen LogP contribution in [0, 0.1) is 6.92 Å². The second-order valence-corrected chi connectivity index (χ2v) is 7.55. The SMILES string of the molecule is COc1ccc2nc(N3CCC(NCc4ccsc4)CC3)nc(C)c2c1. The number of thiophene rings is 1. The van der Waals surface area contributed by atoms with Gasteiger partial charge in [0, 0.05) is 31.1 Å². The van der Waals surface area contributed by atoms with Gasteiger partial charge in [0.05, 0.1) is 18.3 Å². The number of fused-ring (bicyclic) bond motifs is 1. The van der Waals surface area contributed by atoms with Gasteiger partial charge in [-0.2, -0.15) is 11.3 Å². The van der Waals surface area contributed by atoms with Crippen molar-refractivity contribution in [3.63, 3.8) is 0 Å². The Kier molecular flexibility index (Phi) is 5.04. The van der Waals surface area contributed by atoms with Crippen LogP contribution in [0.1, 0.15) is 24.1 Å². The first-order valence-electron chi connectivity index (χ1n) is 9.05. The van der Waals surface area contributed by atoms with Crippen LogP contribution in [0.2, 0.25) is 0 Å². The Labute approximate surface area is 158 Å². The molecule has 1 aromatic carbocycles. The molecule has 26 heavy (non-hydrogen) atoms. The Hall–Kier alpha value is -2.18. The van der Waals surface area contributed by atoms with Crippen LogP contribution in [0.4, 0.5) is 5.95 Å². The zero-order valence-electron chi connectivity index (χ0n) is 15.2. The number of rotatable bonds is 5. The number of methoxy groups -OCH3 is 1. The molecule has 6 heteroatoms. The average molecular weight is 369 g/mol. The topological polar surface area (TPSA) is 50.3 Å².